The van der Waals surface area contributed by atoms with Crippen molar-refractivity contribution in [2.24, 2.45) is 5.73 Å². The van der Waals surface area contributed by atoms with E-state index in [-0.39, 0.29) is 47.7 Å². The van der Waals surface area contributed by atoms with E-state index in [4.69, 9.17) is 5.73 Å². The fraction of sp³-hybridized carbons (Fsp3) is 0.350. The van der Waals surface area contributed by atoms with Gasteiger partial charge in [0.15, 0.2) is 0 Å². The molecule has 2 aromatic rings. The monoisotopic (exact) mass is 437 g/mol. The van der Waals surface area contributed by atoms with E-state index in [1.54, 1.807) is 0 Å². The molecular formula is C20H19F4N5O2. The van der Waals surface area contributed by atoms with Crippen LogP contribution in [0.2, 0.25) is 0 Å². The minimum absolute atomic E-state index is 0.00305. The molecule has 0 atom stereocenters. The number of hydrogen-bond donors (Lipinski definition) is 2. The Labute approximate surface area is 175 Å². The summed E-state index contributed by atoms with van der Waals surface area (Å²) in [6.45, 7) is 1.47. The Morgan fingerprint density at radius 1 is 1.23 bits per heavy atom. The van der Waals surface area contributed by atoms with E-state index in [2.05, 4.69) is 0 Å². The topological polar surface area (TPSA) is 104 Å². The molecule has 1 aliphatic rings. The lowest BCUT2D eigenvalue weighted by Gasteiger charge is -2.34. The third-order valence-electron chi connectivity index (χ3n) is 5.19. The molecule has 31 heavy (non-hydrogen) atoms. The van der Waals surface area contributed by atoms with Gasteiger partial charge in [-0.2, -0.15) is 18.4 Å². The maximum atomic E-state index is 13.8. The van der Waals surface area contributed by atoms with E-state index >= 15 is 0 Å². The number of aromatic nitrogens is 1. The van der Waals surface area contributed by atoms with Crippen molar-refractivity contribution in [3.63, 3.8) is 0 Å². The molecule has 7 nitrogen and oxygen atoms in total. The summed E-state index contributed by atoms with van der Waals surface area (Å²) in [4.78, 5) is 25.9. The molecule has 1 aromatic heterocycles. The van der Waals surface area contributed by atoms with Crippen molar-refractivity contribution in [2.45, 2.75) is 38.7 Å². The maximum Gasteiger partial charge on any atom is 0.411 e. The Hall–Kier alpha value is -3.55. The van der Waals surface area contributed by atoms with E-state index in [0.29, 0.717) is 0 Å². The first-order valence-corrected chi connectivity index (χ1v) is 9.22. The van der Waals surface area contributed by atoms with Gasteiger partial charge in [-0.15, -0.1) is 0 Å². The first-order valence-electron chi connectivity index (χ1n) is 9.22. The molecule has 0 spiro atoms. The predicted molar refractivity (Wildman–Crippen MR) is 102 cm³/mol. The molecule has 0 radical (unpaired) electrons. The number of halogens is 4. The van der Waals surface area contributed by atoms with Crippen LogP contribution in [0, 0.1) is 17.1 Å². The van der Waals surface area contributed by atoms with Gasteiger partial charge in [-0.1, -0.05) is 12.1 Å². The van der Waals surface area contributed by atoms with Crippen molar-refractivity contribution in [3.8, 4) is 17.2 Å². The first-order chi connectivity index (χ1) is 14.4. The molecule has 2 heterocycles. The third-order valence-corrected chi connectivity index (χ3v) is 5.19. The second kappa shape index (κ2) is 7.61. The van der Waals surface area contributed by atoms with Gasteiger partial charge in [0.1, 0.15) is 23.1 Å². The van der Waals surface area contributed by atoms with Crippen molar-refractivity contribution < 1.29 is 27.2 Å². The van der Waals surface area contributed by atoms with Crippen LogP contribution in [-0.2, 0) is 13.1 Å². The molecule has 0 aliphatic carbocycles. The maximum absolute atomic E-state index is 13.8. The molecule has 1 aromatic carbocycles. The van der Waals surface area contributed by atoms with Crippen molar-refractivity contribution in [1.82, 2.24) is 14.8 Å². The largest absolute Gasteiger partial charge is 0.411 e. The summed E-state index contributed by atoms with van der Waals surface area (Å²) in [6.07, 6.45) is -4.67. The van der Waals surface area contributed by atoms with Gasteiger partial charge in [-0.25, -0.2) is 9.18 Å². The standard InChI is InChI=1S/C20H19F4N5O2/c1-19(2,20(22,23)24)27-18(31)28-6-7-29-13(9-25)15(11-4-3-5-12(21)8-11)16(17(26)30)14(29)10-28/h3-5,8H,6-7,10H2,1-2H3,(H2,26,30)(H,27,31). The van der Waals surface area contributed by atoms with Gasteiger partial charge in [0.05, 0.1) is 17.8 Å². The molecule has 0 saturated carbocycles. The molecule has 3 amide bonds. The van der Waals surface area contributed by atoms with Crippen LogP contribution in [0.15, 0.2) is 24.3 Å². The Kier molecular flexibility index (Phi) is 5.43. The van der Waals surface area contributed by atoms with Gasteiger partial charge in [-0.3, -0.25) is 4.79 Å². The van der Waals surface area contributed by atoms with Crippen LogP contribution in [0.1, 0.15) is 35.6 Å². The first kappa shape index (κ1) is 22.1. The average Bonchev–Trinajstić information content (AvgIpc) is 3.00. The second-order valence-corrected chi connectivity index (χ2v) is 7.66. The van der Waals surface area contributed by atoms with Crippen molar-refractivity contribution in [3.05, 3.63) is 47.0 Å². The molecule has 3 rings (SSSR count). The highest BCUT2D eigenvalue weighted by Gasteiger charge is 2.49. The average molecular weight is 437 g/mol. The minimum atomic E-state index is -4.67. The molecule has 0 bridgehead atoms. The van der Waals surface area contributed by atoms with E-state index < -0.39 is 29.5 Å². The summed E-state index contributed by atoms with van der Waals surface area (Å²) >= 11 is 0. The number of benzene rings is 1. The number of carbonyl (C=O) groups is 2. The Morgan fingerprint density at radius 3 is 2.45 bits per heavy atom. The lowest BCUT2D eigenvalue weighted by atomic mass is 9.99. The number of primary amides is 1. The van der Waals surface area contributed by atoms with Gasteiger partial charge in [0, 0.05) is 18.7 Å². The summed E-state index contributed by atoms with van der Waals surface area (Å²) in [5, 5.41) is 11.6. The zero-order valence-electron chi connectivity index (χ0n) is 16.7. The van der Waals surface area contributed by atoms with Crippen LogP contribution >= 0.6 is 0 Å². The molecule has 11 heteroatoms. The number of alkyl halides is 3. The molecule has 164 valence electrons. The van der Waals surface area contributed by atoms with Gasteiger partial charge in [0.2, 0.25) is 0 Å². The molecule has 0 saturated heterocycles. The number of fused-ring (bicyclic) bond motifs is 1. The Bertz CT molecular complexity index is 1100. The van der Waals surface area contributed by atoms with Crippen molar-refractivity contribution in [1.29, 1.82) is 5.26 Å². The van der Waals surface area contributed by atoms with Crippen LogP contribution in [0.4, 0.5) is 22.4 Å². The van der Waals surface area contributed by atoms with Gasteiger partial charge in [0.25, 0.3) is 5.91 Å². The normalized spacial score (nSPS) is 14.0. The number of nitrogens with zero attached hydrogens (tertiary/aromatic N) is 3. The predicted octanol–water partition coefficient (Wildman–Crippen LogP) is 3.13. The van der Waals surface area contributed by atoms with Gasteiger partial charge in [-0.05, 0) is 31.5 Å². The van der Waals surface area contributed by atoms with Crippen molar-refractivity contribution in [2.75, 3.05) is 6.54 Å². The molecule has 1 aliphatic heterocycles. The summed E-state index contributed by atoms with van der Waals surface area (Å²) in [5.74, 6) is -1.49. The molecular weight excluding hydrogens is 418 g/mol. The number of carbonyl (C=O) groups excluding carboxylic acids is 2. The molecule has 0 unspecified atom stereocenters. The Morgan fingerprint density at radius 2 is 1.90 bits per heavy atom. The molecule has 3 N–H and O–H groups in total. The lowest BCUT2D eigenvalue weighted by molar-refractivity contribution is -0.182. The van der Waals surface area contributed by atoms with Crippen LogP contribution in [-0.4, -0.2) is 39.7 Å². The highest BCUT2D eigenvalue weighted by molar-refractivity contribution is 6.03. The zero-order valence-corrected chi connectivity index (χ0v) is 16.7. The van der Waals surface area contributed by atoms with Gasteiger partial charge < -0.3 is 20.5 Å². The number of nitrogens with one attached hydrogen (secondary N) is 1. The number of rotatable bonds is 3. The second-order valence-electron chi connectivity index (χ2n) is 7.66. The number of urea groups is 1. The highest BCUT2D eigenvalue weighted by atomic mass is 19.4. The van der Waals surface area contributed by atoms with Crippen LogP contribution < -0.4 is 11.1 Å². The number of nitrogens with two attached hydrogens (primary N) is 1. The third kappa shape index (κ3) is 3.93. The van der Waals surface area contributed by atoms with Crippen LogP contribution in [0.25, 0.3) is 11.1 Å². The summed E-state index contributed by atoms with van der Waals surface area (Å²) in [5.41, 5.74) is 3.64. The number of nitriles is 1. The minimum Gasteiger partial charge on any atom is -0.366 e. The number of amides is 3. The fourth-order valence-electron chi connectivity index (χ4n) is 3.46. The summed E-state index contributed by atoms with van der Waals surface area (Å²) in [7, 11) is 0. The number of hydrogen-bond acceptors (Lipinski definition) is 3. The molecule has 0 fully saturated rings. The van der Waals surface area contributed by atoms with Crippen molar-refractivity contribution >= 4 is 11.9 Å². The quantitative estimate of drug-likeness (QED) is 0.721. The van der Waals surface area contributed by atoms with E-state index in [0.717, 1.165) is 24.8 Å². The summed E-state index contributed by atoms with van der Waals surface area (Å²) in [6, 6.07) is 6.27. The highest BCUT2D eigenvalue weighted by Crippen LogP contribution is 2.35. The van der Waals surface area contributed by atoms with Crippen LogP contribution in [0.5, 0.6) is 0 Å². The van der Waals surface area contributed by atoms with E-state index in [9.17, 15) is 32.4 Å². The van der Waals surface area contributed by atoms with Crippen LogP contribution in [0.3, 0.4) is 0 Å². The SMILES string of the molecule is CC(C)(NC(=O)N1CCn2c(C#N)c(-c3cccc(F)c3)c(C(N)=O)c2C1)C(F)(F)F. The fourth-order valence-corrected chi connectivity index (χ4v) is 3.46. The Balaban J connectivity index is 2.04. The lowest BCUT2D eigenvalue weighted by Crippen LogP contribution is -2.58. The van der Waals surface area contributed by atoms with E-state index in [1.807, 2.05) is 11.4 Å². The zero-order chi connectivity index (χ0) is 23.1. The van der Waals surface area contributed by atoms with Gasteiger partial charge >= 0.3 is 12.2 Å². The van der Waals surface area contributed by atoms with E-state index in [1.165, 1.54) is 22.8 Å². The smallest absolute Gasteiger partial charge is 0.366 e. The summed E-state index contributed by atoms with van der Waals surface area (Å²) < 4.78 is 54.6.